The van der Waals surface area contributed by atoms with E-state index in [1.54, 1.807) is 12.1 Å². The maximum Gasteiger partial charge on any atom is 0.324 e. The highest BCUT2D eigenvalue weighted by molar-refractivity contribution is 9.10. The molecule has 1 saturated carbocycles. The Hall–Kier alpha value is -1.11. The molecule has 2 nitrogen and oxygen atoms in total. The highest BCUT2D eigenvalue weighted by Gasteiger charge is 2.60. The third-order valence-electron chi connectivity index (χ3n) is 3.86. The lowest BCUT2D eigenvalue weighted by molar-refractivity contribution is -0.131. The molecule has 0 saturated heterocycles. The van der Waals surface area contributed by atoms with Crippen LogP contribution in [0.2, 0.25) is 0 Å². The van der Waals surface area contributed by atoms with E-state index in [9.17, 15) is 22.4 Å². The molecule has 2 aliphatic rings. The Labute approximate surface area is 120 Å². The summed E-state index contributed by atoms with van der Waals surface area (Å²) < 4.78 is 51.9. The quantitative estimate of drug-likeness (QED) is 0.760. The zero-order valence-electron chi connectivity index (χ0n) is 10.2. The van der Waals surface area contributed by atoms with Gasteiger partial charge in [-0.05, 0) is 30.5 Å². The zero-order valence-corrected chi connectivity index (χ0v) is 11.8. The summed E-state index contributed by atoms with van der Waals surface area (Å²) in [6.07, 6.45) is -2.63. The molecule has 1 aliphatic carbocycles. The molecule has 1 aliphatic heterocycles. The summed E-state index contributed by atoms with van der Waals surface area (Å²) in [5.41, 5.74) is 0.215. The van der Waals surface area contributed by atoms with Crippen molar-refractivity contribution in [3.8, 4) is 0 Å². The van der Waals surface area contributed by atoms with Crippen molar-refractivity contribution in [1.29, 1.82) is 0 Å². The first-order valence-corrected chi connectivity index (χ1v) is 6.85. The van der Waals surface area contributed by atoms with Crippen LogP contribution in [0.5, 0.6) is 0 Å². The largest absolute Gasteiger partial charge is 0.324 e. The van der Waals surface area contributed by atoms with E-state index in [4.69, 9.17) is 0 Å². The lowest BCUT2D eigenvalue weighted by Gasteiger charge is -2.24. The molecular formula is C13H10BrF4NO. The minimum absolute atomic E-state index is 0.308. The minimum Gasteiger partial charge on any atom is -0.305 e. The van der Waals surface area contributed by atoms with Crippen molar-refractivity contribution in [2.24, 2.45) is 0 Å². The van der Waals surface area contributed by atoms with Crippen LogP contribution in [-0.4, -0.2) is 24.8 Å². The first kappa shape index (κ1) is 13.9. The van der Waals surface area contributed by atoms with Gasteiger partial charge in [0, 0.05) is 10.2 Å². The number of nitrogens with zero attached hydrogens (tertiary/aromatic N) is 1. The van der Waals surface area contributed by atoms with E-state index in [1.165, 1.54) is 6.07 Å². The summed E-state index contributed by atoms with van der Waals surface area (Å²) in [6, 6.07) is 4.95. The van der Waals surface area contributed by atoms with Crippen LogP contribution in [0.15, 0.2) is 22.7 Å². The first-order valence-electron chi connectivity index (χ1n) is 6.06. The van der Waals surface area contributed by atoms with Gasteiger partial charge in [0.15, 0.2) is 0 Å². The topological polar surface area (TPSA) is 20.3 Å². The van der Waals surface area contributed by atoms with Crippen LogP contribution in [0.3, 0.4) is 0 Å². The number of carbonyl (C=O) groups excluding carboxylic acids is 1. The molecule has 1 fully saturated rings. The van der Waals surface area contributed by atoms with Gasteiger partial charge in [0.25, 0.3) is 0 Å². The molecule has 0 bridgehead atoms. The summed E-state index contributed by atoms with van der Waals surface area (Å²) in [7, 11) is 0. The number of amides is 1. The number of alkyl halides is 4. The third-order valence-corrected chi connectivity index (χ3v) is 4.35. The highest BCUT2D eigenvalue weighted by Crippen LogP contribution is 2.58. The molecule has 0 atom stereocenters. The van der Waals surface area contributed by atoms with Crippen molar-refractivity contribution in [2.75, 3.05) is 11.4 Å². The normalized spacial score (nSPS) is 19.9. The molecule has 0 N–H and O–H groups in total. The Morgan fingerprint density at radius 2 is 2.00 bits per heavy atom. The lowest BCUT2D eigenvalue weighted by atomic mass is 9.98. The van der Waals surface area contributed by atoms with Gasteiger partial charge in [-0.1, -0.05) is 22.0 Å². The van der Waals surface area contributed by atoms with Crippen LogP contribution < -0.4 is 4.90 Å². The molecule has 1 spiro atoms. The van der Waals surface area contributed by atoms with Gasteiger partial charge in [0.05, 0.1) is 12.0 Å². The Morgan fingerprint density at radius 3 is 2.55 bits per heavy atom. The Morgan fingerprint density at radius 1 is 1.35 bits per heavy atom. The third kappa shape index (κ3) is 1.86. The average molecular weight is 352 g/mol. The second-order valence-corrected chi connectivity index (χ2v) is 6.11. The van der Waals surface area contributed by atoms with Gasteiger partial charge >= 0.3 is 12.3 Å². The molecule has 3 rings (SSSR count). The van der Waals surface area contributed by atoms with Gasteiger partial charge < -0.3 is 4.90 Å². The molecule has 7 heteroatoms. The summed E-state index contributed by atoms with van der Waals surface area (Å²) in [6.45, 7) is -1.28. The molecule has 0 unspecified atom stereocenters. The fourth-order valence-electron chi connectivity index (χ4n) is 2.66. The van der Waals surface area contributed by atoms with Crippen LogP contribution in [0, 0.1) is 0 Å². The predicted molar refractivity (Wildman–Crippen MR) is 68.4 cm³/mol. The van der Waals surface area contributed by atoms with E-state index in [1.807, 2.05) is 0 Å². The van der Waals surface area contributed by atoms with E-state index >= 15 is 0 Å². The van der Waals surface area contributed by atoms with E-state index in [-0.39, 0.29) is 0 Å². The van der Waals surface area contributed by atoms with Gasteiger partial charge in [0.1, 0.15) is 0 Å². The molecule has 108 valence electrons. The molecule has 0 aromatic heterocycles. The fourth-order valence-corrected chi connectivity index (χ4v) is 3.01. The lowest BCUT2D eigenvalue weighted by Crippen LogP contribution is -2.44. The maximum atomic E-state index is 13.3. The number of hydrogen-bond donors (Lipinski definition) is 0. The van der Waals surface area contributed by atoms with Crippen LogP contribution >= 0.6 is 15.9 Å². The van der Waals surface area contributed by atoms with Crippen LogP contribution in [0.25, 0.3) is 0 Å². The molecule has 0 radical (unpaired) electrons. The Bertz CT molecular complexity index is 586. The zero-order chi connectivity index (χ0) is 14.7. The van der Waals surface area contributed by atoms with E-state index in [2.05, 4.69) is 15.9 Å². The van der Waals surface area contributed by atoms with E-state index in [0.717, 1.165) is 4.90 Å². The smallest absolute Gasteiger partial charge is 0.305 e. The van der Waals surface area contributed by atoms with Gasteiger partial charge in [-0.25, -0.2) is 8.78 Å². The Balaban J connectivity index is 2.01. The molecule has 1 amide bonds. The van der Waals surface area contributed by atoms with Crippen LogP contribution in [0.1, 0.15) is 18.4 Å². The number of fused-ring (bicyclic) bond motifs is 2. The second-order valence-electron chi connectivity index (χ2n) is 5.20. The van der Waals surface area contributed by atoms with Crippen molar-refractivity contribution in [3.05, 3.63) is 28.2 Å². The minimum atomic E-state index is -4.21. The van der Waals surface area contributed by atoms with Gasteiger partial charge in [0.2, 0.25) is 5.91 Å². The van der Waals surface area contributed by atoms with Crippen LogP contribution in [0.4, 0.5) is 23.2 Å². The monoisotopic (exact) mass is 351 g/mol. The second kappa shape index (κ2) is 4.19. The number of anilines is 1. The van der Waals surface area contributed by atoms with Crippen molar-refractivity contribution in [3.63, 3.8) is 0 Å². The summed E-state index contributed by atoms with van der Waals surface area (Å²) >= 11 is 3.21. The fraction of sp³-hybridized carbons (Fsp3) is 0.462. The summed E-state index contributed by atoms with van der Waals surface area (Å²) in [5.74, 6) is -4.71. The van der Waals surface area contributed by atoms with E-state index in [0.29, 0.717) is 28.6 Å². The SMILES string of the molecule is O=C1N(CC(F)(F)C(F)F)c2cc(Br)ccc2C12CC2. The number of halogens is 5. The van der Waals surface area contributed by atoms with Crippen molar-refractivity contribution in [1.82, 2.24) is 0 Å². The average Bonchev–Trinajstić information content (AvgIpc) is 3.12. The van der Waals surface area contributed by atoms with Gasteiger partial charge in [-0.2, -0.15) is 8.78 Å². The van der Waals surface area contributed by atoms with Crippen LogP contribution in [-0.2, 0) is 10.2 Å². The summed E-state index contributed by atoms with van der Waals surface area (Å²) in [5, 5.41) is 0. The first-order chi connectivity index (χ1) is 9.28. The van der Waals surface area contributed by atoms with Gasteiger partial charge in [-0.15, -0.1) is 0 Å². The number of rotatable bonds is 3. The summed E-state index contributed by atoms with van der Waals surface area (Å²) in [4.78, 5) is 13.1. The number of carbonyl (C=O) groups is 1. The number of hydrogen-bond acceptors (Lipinski definition) is 1. The van der Waals surface area contributed by atoms with Crippen molar-refractivity contribution in [2.45, 2.75) is 30.6 Å². The molecule has 1 aromatic carbocycles. The van der Waals surface area contributed by atoms with Crippen molar-refractivity contribution >= 4 is 27.5 Å². The maximum absolute atomic E-state index is 13.3. The number of benzene rings is 1. The molecular weight excluding hydrogens is 342 g/mol. The standard InChI is InChI=1S/C13H10BrF4NO/c14-7-1-2-8-9(5-7)19(6-13(17,18)10(15)16)11(20)12(8)3-4-12/h1-2,5,10H,3-4,6H2. The predicted octanol–water partition coefficient (Wildman–Crippen LogP) is 3.73. The molecule has 1 heterocycles. The van der Waals surface area contributed by atoms with Gasteiger partial charge in [-0.3, -0.25) is 4.79 Å². The Kier molecular flexibility index (Phi) is 2.90. The molecule has 1 aromatic rings. The molecule has 20 heavy (non-hydrogen) atoms. The van der Waals surface area contributed by atoms with E-state index < -0.39 is 30.2 Å². The highest BCUT2D eigenvalue weighted by atomic mass is 79.9. The van der Waals surface area contributed by atoms with Crippen molar-refractivity contribution < 1.29 is 22.4 Å².